The van der Waals surface area contributed by atoms with Crippen LogP contribution in [0, 0.1) is 24.2 Å². The monoisotopic (exact) mass is 318 g/mol. The first kappa shape index (κ1) is 15.2. The van der Waals surface area contributed by atoms with E-state index in [1.807, 2.05) is 51.1 Å². The third-order valence-electron chi connectivity index (χ3n) is 4.39. The predicted molar refractivity (Wildman–Crippen MR) is 82.1 cm³/mol. The Morgan fingerprint density at radius 3 is 2.41 bits per heavy atom. The number of allylic oxidation sites excluding steroid dienone is 2. The molecule has 0 saturated carbocycles. The van der Waals surface area contributed by atoms with Crippen LogP contribution in [0.25, 0.3) is 0 Å². The standard InChI is InChI=1S/C17H18O4S/c1-10-4-6-11(7-5-10)22(20)12-8-13-14(17(2,3)9-12)16(19)21-15(13)18/h4-7,9,13-14H,8H2,1-3H3/t13-,14+,22-/m0/s1. The first-order valence-corrected chi connectivity index (χ1v) is 8.40. The zero-order valence-electron chi connectivity index (χ0n) is 12.8. The molecule has 3 rings (SSSR count). The molecule has 1 aromatic rings. The van der Waals surface area contributed by atoms with E-state index in [2.05, 4.69) is 0 Å². The Morgan fingerprint density at radius 2 is 1.77 bits per heavy atom. The number of hydrogen-bond donors (Lipinski definition) is 0. The van der Waals surface area contributed by atoms with Crippen molar-refractivity contribution < 1.29 is 18.5 Å². The van der Waals surface area contributed by atoms with Gasteiger partial charge in [-0.05, 0) is 30.9 Å². The Labute approximate surface area is 132 Å². The number of esters is 2. The highest BCUT2D eigenvalue weighted by Crippen LogP contribution is 2.48. The van der Waals surface area contributed by atoms with Crippen molar-refractivity contribution in [2.75, 3.05) is 0 Å². The average Bonchev–Trinajstić information content (AvgIpc) is 2.74. The molecule has 1 aromatic carbocycles. The van der Waals surface area contributed by atoms with Crippen molar-refractivity contribution in [3.05, 3.63) is 40.8 Å². The van der Waals surface area contributed by atoms with Gasteiger partial charge >= 0.3 is 11.9 Å². The molecule has 0 N–H and O–H groups in total. The van der Waals surface area contributed by atoms with Crippen LogP contribution < -0.4 is 0 Å². The molecule has 0 amide bonds. The van der Waals surface area contributed by atoms with Crippen molar-refractivity contribution in [1.29, 1.82) is 0 Å². The van der Waals surface area contributed by atoms with Crippen molar-refractivity contribution in [1.82, 2.24) is 0 Å². The fraction of sp³-hybridized carbons (Fsp3) is 0.412. The number of aryl methyl sites for hydroxylation is 1. The van der Waals surface area contributed by atoms with Gasteiger partial charge in [-0.25, -0.2) is 4.21 Å². The lowest BCUT2D eigenvalue weighted by Crippen LogP contribution is -2.36. The number of hydrogen-bond acceptors (Lipinski definition) is 4. The highest BCUT2D eigenvalue weighted by Gasteiger charge is 2.54. The number of ether oxygens (including phenoxy) is 1. The first-order valence-electron chi connectivity index (χ1n) is 7.25. The molecular weight excluding hydrogens is 300 g/mol. The summed E-state index contributed by atoms with van der Waals surface area (Å²) >= 11 is 0. The minimum absolute atomic E-state index is 0.319. The highest BCUT2D eigenvalue weighted by molar-refractivity contribution is 7.89. The SMILES string of the molecule is Cc1ccc([S@](=O)C2=CC(C)(C)[C@H]3C(=O)OC(=O)[C@H]3C2)cc1. The summed E-state index contributed by atoms with van der Waals surface area (Å²) in [4.78, 5) is 25.2. The third-order valence-corrected chi connectivity index (χ3v) is 5.85. The zero-order chi connectivity index (χ0) is 16.1. The topological polar surface area (TPSA) is 60.4 Å². The molecule has 1 saturated heterocycles. The number of carbonyl (C=O) groups is 2. The van der Waals surface area contributed by atoms with Crippen molar-refractivity contribution in [2.24, 2.45) is 17.3 Å². The summed E-state index contributed by atoms with van der Waals surface area (Å²) in [6, 6.07) is 7.50. The number of fused-ring (bicyclic) bond motifs is 1. The van der Waals surface area contributed by atoms with E-state index in [0.717, 1.165) is 5.56 Å². The molecule has 0 aromatic heterocycles. The first-order chi connectivity index (χ1) is 10.3. The van der Waals surface area contributed by atoms with Gasteiger partial charge in [0, 0.05) is 9.80 Å². The molecule has 1 aliphatic heterocycles. The molecule has 1 aliphatic carbocycles. The minimum atomic E-state index is -1.32. The summed E-state index contributed by atoms with van der Waals surface area (Å²) in [5.74, 6) is -1.94. The van der Waals surface area contributed by atoms with Crippen LogP contribution in [-0.4, -0.2) is 16.1 Å². The summed E-state index contributed by atoms with van der Waals surface area (Å²) in [7, 11) is -1.32. The van der Waals surface area contributed by atoms with Crippen LogP contribution in [0.15, 0.2) is 40.1 Å². The fourth-order valence-corrected chi connectivity index (χ4v) is 4.71. The van der Waals surface area contributed by atoms with E-state index in [4.69, 9.17) is 4.74 Å². The molecule has 5 heteroatoms. The summed E-state index contributed by atoms with van der Waals surface area (Å²) < 4.78 is 17.6. The average molecular weight is 318 g/mol. The van der Waals surface area contributed by atoms with Gasteiger partial charge in [-0.3, -0.25) is 9.59 Å². The normalized spacial score (nSPS) is 27.9. The highest BCUT2D eigenvalue weighted by atomic mass is 32.2. The second kappa shape index (κ2) is 5.16. The molecule has 0 bridgehead atoms. The molecule has 0 radical (unpaired) electrons. The van der Waals surface area contributed by atoms with Gasteiger partial charge in [0.1, 0.15) is 0 Å². The Morgan fingerprint density at radius 1 is 1.14 bits per heavy atom. The molecule has 0 spiro atoms. The molecular formula is C17H18O4S. The minimum Gasteiger partial charge on any atom is -0.393 e. The molecule has 4 nitrogen and oxygen atoms in total. The smallest absolute Gasteiger partial charge is 0.318 e. The van der Waals surface area contributed by atoms with Crippen molar-refractivity contribution in [3.8, 4) is 0 Å². The van der Waals surface area contributed by atoms with E-state index in [9.17, 15) is 13.8 Å². The van der Waals surface area contributed by atoms with Gasteiger partial charge in [0.2, 0.25) is 0 Å². The summed E-state index contributed by atoms with van der Waals surface area (Å²) in [6.45, 7) is 5.74. The maximum Gasteiger partial charge on any atom is 0.318 e. The Balaban J connectivity index is 1.97. The van der Waals surface area contributed by atoms with Gasteiger partial charge in [0.05, 0.1) is 22.6 Å². The predicted octanol–water partition coefficient (Wildman–Crippen LogP) is 2.73. The molecule has 116 valence electrons. The van der Waals surface area contributed by atoms with Crippen molar-refractivity contribution >= 4 is 22.7 Å². The Kier molecular flexibility index (Phi) is 3.56. The van der Waals surface area contributed by atoms with Crippen LogP contribution >= 0.6 is 0 Å². The number of cyclic esters (lactones) is 2. The quantitative estimate of drug-likeness (QED) is 0.621. The van der Waals surface area contributed by atoms with Gasteiger partial charge < -0.3 is 4.74 Å². The van der Waals surface area contributed by atoms with E-state index < -0.39 is 40.0 Å². The maximum atomic E-state index is 12.8. The second-order valence-electron chi connectivity index (χ2n) is 6.54. The molecule has 2 aliphatic rings. The molecule has 3 atom stereocenters. The number of rotatable bonds is 2. The van der Waals surface area contributed by atoms with Crippen LogP contribution in [0.2, 0.25) is 0 Å². The Bertz CT molecular complexity index is 700. The van der Waals surface area contributed by atoms with Crippen LogP contribution in [0.5, 0.6) is 0 Å². The lowest BCUT2D eigenvalue weighted by atomic mass is 9.68. The van der Waals surface area contributed by atoms with E-state index in [1.54, 1.807) is 0 Å². The van der Waals surface area contributed by atoms with Gasteiger partial charge in [0.25, 0.3) is 0 Å². The van der Waals surface area contributed by atoms with Crippen LogP contribution in [0.1, 0.15) is 25.8 Å². The van der Waals surface area contributed by atoms with E-state index in [1.165, 1.54) is 0 Å². The lowest BCUT2D eigenvalue weighted by molar-refractivity contribution is -0.154. The van der Waals surface area contributed by atoms with Crippen LogP contribution in [0.3, 0.4) is 0 Å². The van der Waals surface area contributed by atoms with Crippen LogP contribution in [0.4, 0.5) is 0 Å². The summed E-state index contributed by atoms with van der Waals surface area (Å²) in [5, 5.41) is 0. The lowest BCUT2D eigenvalue weighted by Gasteiger charge is -2.34. The van der Waals surface area contributed by atoms with Gasteiger partial charge in [-0.15, -0.1) is 0 Å². The third kappa shape index (κ3) is 2.43. The zero-order valence-corrected chi connectivity index (χ0v) is 13.6. The number of carbonyl (C=O) groups excluding carboxylic acids is 2. The summed E-state index contributed by atoms with van der Waals surface area (Å²) in [5.41, 5.74) is 0.561. The molecule has 22 heavy (non-hydrogen) atoms. The molecule has 0 unspecified atom stereocenters. The number of benzene rings is 1. The van der Waals surface area contributed by atoms with Crippen molar-refractivity contribution in [2.45, 2.75) is 32.1 Å². The van der Waals surface area contributed by atoms with Gasteiger partial charge in [0.15, 0.2) is 0 Å². The largest absolute Gasteiger partial charge is 0.393 e. The van der Waals surface area contributed by atoms with E-state index >= 15 is 0 Å². The van der Waals surface area contributed by atoms with E-state index in [0.29, 0.717) is 16.2 Å². The summed E-state index contributed by atoms with van der Waals surface area (Å²) in [6.07, 6.45) is 2.20. The van der Waals surface area contributed by atoms with E-state index in [-0.39, 0.29) is 0 Å². The van der Waals surface area contributed by atoms with Gasteiger partial charge in [-0.1, -0.05) is 37.6 Å². The Hall–Kier alpha value is -1.75. The molecule has 1 heterocycles. The maximum absolute atomic E-state index is 12.8. The van der Waals surface area contributed by atoms with Gasteiger partial charge in [-0.2, -0.15) is 0 Å². The van der Waals surface area contributed by atoms with Crippen molar-refractivity contribution in [3.63, 3.8) is 0 Å². The molecule has 1 fully saturated rings. The second-order valence-corrected chi connectivity index (χ2v) is 8.08. The fourth-order valence-electron chi connectivity index (χ4n) is 3.28. The van der Waals surface area contributed by atoms with Crippen LogP contribution in [-0.2, 0) is 25.1 Å².